The van der Waals surface area contributed by atoms with Crippen molar-refractivity contribution in [1.82, 2.24) is 4.90 Å². The summed E-state index contributed by atoms with van der Waals surface area (Å²) in [5, 5.41) is 0. The number of methoxy groups -OCH3 is 1. The van der Waals surface area contributed by atoms with Crippen LogP contribution in [0, 0.1) is 0 Å². The summed E-state index contributed by atoms with van der Waals surface area (Å²) in [6, 6.07) is 5.85. The third-order valence-corrected chi connectivity index (χ3v) is 3.64. The number of hydrogen-bond acceptors (Lipinski definition) is 6. The van der Waals surface area contributed by atoms with Crippen LogP contribution >= 0.6 is 0 Å². The second-order valence-electron chi connectivity index (χ2n) is 5.70. The Hall–Kier alpha value is -2.41. The molecule has 1 aliphatic heterocycles. The zero-order chi connectivity index (χ0) is 17.7. The fourth-order valence-electron chi connectivity index (χ4n) is 2.54. The zero-order valence-corrected chi connectivity index (χ0v) is 14.0. The smallest absolute Gasteiger partial charge is 0.338 e. The Balaban J connectivity index is 1.88. The lowest BCUT2D eigenvalue weighted by Gasteiger charge is -2.35. The van der Waals surface area contributed by atoms with E-state index in [0.29, 0.717) is 18.7 Å². The van der Waals surface area contributed by atoms with Crippen LogP contribution in [-0.4, -0.2) is 61.8 Å². The van der Waals surface area contributed by atoms with Gasteiger partial charge in [0.2, 0.25) is 0 Å². The highest BCUT2D eigenvalue weighted by atomic mass is 16.5. The number of morpholine rings is 1. The molecule has 1 saturated heterocycles. The molecule has 0 unspecified atom stereocenters. The van der Waals surface area contributed by atoms with E-state index in [1.807, 2.05) is 13.8 Å². The molecule has 0 N–H and O–H groups in total. The number of amides is 1. The van der Waals surface area contributed by atoms with Crippen LogP contribution in [0.2, 0.25) is 0 Å². The summed E-state index contributed by atoms with van der Waals surface area (Å²) in [4.78, 5) is 37.1. The fourth-order valence-corrected chi connectivity index (χ4v) is 2.54. The maximum absolute atomic E-state index is 12.1. The average molecular weight is 335 g/mol. The number of nitrogens with zero attached hydrogens (tertiary/aromatic N) is 1. The quantitative estimate of drug-likeness (QED) is 0.771. The maximum Gasteiger partial charge on any atom is 0.338 e. The zero-order valence-electron chi connectivity index (χ0n) is 14.0. The van der Waals surface area contributed by atoms with Crippen LogP contribution < -0.4 is 0 Å². The molecule has 0 aliphatic carbocycles. The first-order valence-electron chi connectivity index (χ1n) is 7.69. The second-order valence-corrected chi connectivity index (χ2v) is 5.70. The Kier molecular flexibility index (Phi) is 5.92. The van der Waals surface area contributed by atoms with E-state index in [4.69, 9.17) is 9.47 Å². The van der Waals surface area contributed by atoms with Crippen molar-refractivity contribution in [2.24, 2.45) is 0 Å². The predicted octanol–water partition coefficient (Wildman–Crippen LogP) is 1.27. The first-order chi connectivity index (χ1) is 11.4. The molecule has 1 heterocycles. The number of benzene rings is 1. The molecule has 1 amide bonds. The molecule has 1 fully saturated rings. The molecule has 1 aromatic carbocycles. The lowest BCUT2D eigenvalue weighted by Crippen LogP contribution is -2.49. The van der Waals surface area contributed by atoms with E-state index in [9.17, 15) is 14.4 Å². The SMILES string of the molecule is COC(=O)c1ccc(C(=O)OCC(=O)N2C[C@H](C)O[C@@H](C)C2)cc1. The van der Waals surface area contributed by atoms with Gasteiger partial charge in [-0.25, -0.2) is 9.59 Å². The fraction of sp³-hybridized carbons (Fsp3) is 0.471. The van der Waals surface area contributed by atoms with Crippen LogP contribution in [0.3, 0.4) is 0 Å². The van der Waals surface area contributed by atoms with Gasteiger partial charge in [-0.15, -0.1) is 0 Å². The van der Waals surface area contributed by atoms with Crippen LogP contribution in [0.5, 0.6) is 0 Å². The summed E-state index contributed by atoms with van der Waals surface area (Å²) in [5.41, 5.74) is 0.598. The second kappa shape index (κ2) is 7.92. The van der Waals surface area contributed by atoms with Crippen molar-refractivity contribution in [3.8, 4) is 0 Å². The van der Waals surface area contributed by atoms with Crippen LogP contribution in [0.4, 0.5) is 0 Å². The van der Waals surface area contributed by atoms with E-state index < -0.39 is 11.9 Å². The van der Waals surface area contributed by atoms with Gasteiger partial charge in [0.05, 0.1) is 30.4 Å². The highest BCUT2D eigenvalue weighted by Gasteiger charge is 2.26. The molecular weight excluding hydrogens is 314 g/mol. The minimum Gasteiger partial charge on any atom is -0.465 e. The Morgan fingerprint density at radius 3 is 2.04 bits per heavy atom. The lowest BCUT2D eigenvalue weighted by molar-refractivity contribution is -0.146. The van der Waals surface area contributed by atoms with Crippen LogP contribution in [0.25, 0.3) is 0 Å². The normalized spacial score (nSPS) is 20.4. The van der Waals surface area contributed by atoms with E-state index in [-0.39, 0.29) is 30.3 Å². The van der Waals surface area contributed by atoms with E-state index in [1.165, 1.54) is 31.4 Å². The van der Waals surface area contributed by atoms with Gasteiger partial charge in [-0.1, -0.05) is 0 Å². The van der Waals surface area contributed by atoms with Gasteiger partial charge in [0, 0.05) is 13.1 Å². The monoisotopic (exact) mass is 335 g/mol. The van der Waals surface area contributed by atoms with Gasteiger partial charge in [-0.2, -0.15) is 0 Å². The third-order valence-electron chi connectivity index (χ3n) is 3.64. The van der Waals surface area contributed by atoms with Gasteiger partial charge in [0.15, 0.2) is 6.61 Å². The molecule has 0 spiro atoms. The number of esters is 2. The van der Waals surface area contributed by atoms with Crippen LogP contribution in [-0.2, 0) is 19.0 Å². The van der Waals surface area contributed by atoms with Crippen molar-refractivity contribution in [3.63, 3.8) is 0 Å². The molecule has 24 heavy (non-hydrogen) atoms. The van der Waals surface area contributed by atoms with Crippen molar-refractivity contribution >= 4 is 17.8 Å². The molecule has 2 rings (SSSR count). The van der Waals surface area contributed by atoms with E-state index in [1.54, 1.807) is 4.90 Å². The Labute approximate surface area is 140 Å². The van der Waals surface area contributed by atoms with E-state index in [2.05, 4.69) is 4.74 Å². The molecule has 0 saturated carbocycles. The largest absolute Gasteiger partial charge is 0.465 e. The molecular formula is C17H21NO6. The predicted molar refractivity (Wildman–Crippen MR) is 84.7 cm³/mol. The van der Waals surface area contributed by atoms with Crippen LogP contribution in [0.15, 0.2) is 24.3 Å². The number of ether oxygens (including phenoxy) is 3. The number of carbonyl (C=O) groups excluding carboxylic acids is 3. The topological polar surface area (TPSA) is 82.1 Å². The Morgan fingerprint density at radius 2 is 1.54 bits per heavy atom. The number of rotatable bonds is 4. The van der Waals surface area contributed by atoms with Crippen molar-refractivity contribution in [3.05, 3.63) is 35.4 Å². The van der Waals surface area contributed by atoms with Crippen molar-refractivity contribution in [1.29, 1.82) is 0 Å². The molecule has 1 aromatic rings. The van der Waals surface area contributed by atoms with Crippen LogP contribution in [0.1, 0.15) is 34.6 Å². The van der Waals surface area contributed by atoms with Gasteiger partial charge >= 0.3 is 11.9 Å². The van der Waals surface area contributed by atoms with Gasteiger partial charge in [0.1, 0.15) is 0 Å². The first kappa shape index (κ1) is 17.9. The molecule has 130 valence electrons. The molecule has 7 heteroatoms. The summed E-state index contributed by atoms with van der Waals surface area (Å²) in [6.07, 6.45) is -0.0847. The van der Waals surface area contributed by atoms with Gasteiger partial charge in [0.25, 0.3) is 5.91 Å². The first-order valence-corrected chi connectivity index (χ1v) is 7.69. The highest BCUT2D eigenvalue weighted by molar-refractivity contribution is 5.94. The number of hydrogen-bond donors (Lipinski definition) is 0. The summed E-state index contributed by atoms with van der Waals surface area (Å²) in [5.74, 6) is -1.36. The summed E-state index contributed by atoms with van der Waals surface area (Å²) < 4.78 is 15.2. The molecule has 0 bridgehead atoms. The van der Waals surface area contributed by atoms with E-state index >= 15 is 0 Å². The summed E-state index contributed by atoms with van der Waals surface area (Å²) in [7, 11) is 1.28. The van der Waals surface area contributed by atoms with E-state index in [0.717, 1.165) is 0 Å². The molecule has 1 aliphatic rings. The van der Waals surface area contributed by atoms with Gasteiger partial charge in [-0.3, -0.25) is 4.79 Å². The Bertz CT molecular complexity index is 602. The number of carbonyl (C=O) groups is 3. The lowest BCUT2D eigenvalue weighted by atomic mass is 10.1. The van der Waals surface area contributed by atoms with Gasteiger partial charge in [-0.05, 0) is 38.1 Å². The summed E-state index contributed by atoms with van der Waals surface area (Å²) >= 11 is 0. The molecule has 0 aromatic heterocycles. The molecule has 0 radical (unpaired) electrons. The third kappa shape index (κ3) is 4.55. The highest BCUT2D eigenvalue weighted by Crippen LogP contribution is 2.11. The minimum absolute atomic E-state index is 0.0423. The van der Waals surface area contributed by atoms with Crippen molar-refractivity contribution in [2.75, 3.05) is 26.8 Å². The average Bonchev–Trinajstić information content (AvgIpc) is 2.57. The van der Waals surface area contributed by atoms with Crippen molar-refractivity contribution in [2.45, 2.75) is 26.1 Å². The Morgan fingerprint density at radius 1 is 1.04 bits per heavy atom. The standard InChI is InChI=1S/C17H21NO6/c1-11-8-18(9-12(2)24-11)15(19)10-23-17(21)14-6-4-13(5-7-14)16(20)22-3/h4-7,11-12H,8-10H2,1-3H3/t11-,12-/m0/s1. The molecule has 2 atom stereocenters. The molecule has 7 nitrogen and oxygen atoms in total. The minimum atomic E-state index is -0.617. The van der Waals surface area contributed by atoms with Gasteiger partial charge < -0.3 is 19.1 Å². The van der Waals surface area contributed by atoms with Crippen molar-refractivity contribution < 1.29 is 28.6 Å². The summed E-state index contributed by atoms with van der Waals surface area (Å²) in [6.45, 7) is 4.43. The maximum atomic E-state index is 12.1.